The molecule has 0 radical (unpaired) electrons. The molecule has 1 fully saturated rings. The third-order valence-electron chi connectivity index (χ3n) is 4.02. The zero-order valence-corrected chi connectivity index (χ0v) is 12.9. The number of nitrogens with zero attached hydrogens (tertiary/aromatic N) is 2. The maximum absolute atomic E-state index is 11.5. The Hall–Kier alpha value is -1.07. The number of nitrogens with one attached hydrogen (secondary N) is 2. The molecule has 0 amide bonds. The molecule has 0 aromatic carbocycles. The third-order valence-corrected chi connectivity index (χ3v) is 4.21. The summed E-state index contributed by atoms with van der Waals surface area (Å²) >= 11 is 5.76. The highest BCUT2D eigenvalue weighted by Crippen LogP contribution is 2.21. The number of halogens is 1. The van der Waals surface area contributed by atoms with E-state index < -0.39 is 0 Å². The van der Waals surface area contributed by atoms with Gasteiger partial charge in [-0.1, -0.05) is 11.6 Å². The number of anilines is 1. The number of hydrogen-bond donors (Lipinski definition) is 2. The first kappa shape index (κ1) is 15.3. The number of H-pyrrole nitrogens is 1. The van der Waals surface area contributed by atoms with E-state index in [9.17, 15) is 4.79 Å². The quantitative estimate of drug-likeness (QED) is 0.876. The average molecular weight is 299 g/mol. The van der Waals surface area contributed by atoms with Gasteiger partial charge in [0.25, 0.3) is 5.56 Å². The first-order valence-electron chi connectivity index (χ1n) is 7.29. The lowest BCUT2D eigenvalue weighted by Gasteiger charge is -2.34. The van der Waals surface area contributed by atoms with Crippen molar-refractivity contribution in [3.63, 3.8) is 0 Å². The number of rotatable bonds is 5. The van der Waals surface area contributed by atoms with E-state index in [1.807, 2.05) is 0 Å². The van der Waals surface area contributed by atoms with Crippen LogP contribution in [0.3, 0.4) is 0 Å². The van der Waals surface area contributed by atoms with Gasteiger partial charge in [-0.3, -0.25) is 4.79 Å². The van der Waals surface area contributed by atoms with E-state index >= 15 is 0 Å². The van der Waals surface area contributed by atoms with Crippen molar-refractivity contribution >= 4 is 17.3 Å². The van der Waals surface area contributed by atoms with Crippen molar-refractivity contribution in [3.8, 4) is 0 Å². The highest BCUT2D eigenvalue weighted by atomic mass is 35.5. The Bertz CT molecular complexity index is 480. The number of aromatic amines is 1. The zero-order valence-electron chi connectivity index (χ0n) is 12.2. The highest BCUT2D eigenvalue weighted by Gasteiger charge is 2.20. The summed E-state index contributed by atoms with van der Waals surface area (Å²) in [5.74, 6) is 0.744. The maximum Gasteiger partial charge on any atom is 0.287 e. The van der Waals surface area contributed by atoms with Gasteiger partial charge < -0.3 is 10.2 Å². The van der Waals surface area contributed by atoms with Gasteiger partial charge in [-0.05, 0) is 52.1 Å². The molecule has 0 atom stereocenters. The van der Waals surface area contributed by atoms with Gasteiger partial charge in [0.2, 0.25) is 0 Å². The fraction of sp³-hybridized carbons (Fsp3) is 0.714. The first-order valence-corrected chi connectivity index (χ1v) is 7.67. The van der Waals surface area contributed by atoms with Crippen molar-refractivity contribution in [3.05, 3.63) is 21.6 Å². The summed E-state index contributed by atoms with van der Waals surface area (Å²) in [7, 11) is 0. The summed E-state index contributed by atoms with van der Waals surface area (Å²) in [6, 6.07) is 2.22. The molecule has 112 valence electrons. The van der Waals surface area contributed by atoms with Crippen LogP contribution in [0.1, 0.15) is 33.1 Å². The molecule has 2 N–H and O–H groups in total. The fourth-order valence-electron chi connectivity index (χ4n) is 2.68. The topological polar surface area (TPSA) is 61.0 Å². The van der Waals surface area contributed by atoms with E-state index in [0.717, 1.165) is 18.9 Å². The first-order chi connectivity index (χ1) is 9.56. The minimum Gasteiger partial charge on any atom is -0.380 e. The summed E-state index contributed by atoms with van der Waals surface area (Å²) in [5, 5.41) is 9.47. The Morgan fingerprint density at radius 2 is 2.20 bits per heavy atom. The normalized spacial score (nSPS) is 17.6. The largest absolute Gasteiger partial charge is 0.380 e. The summed E-state index contributed by atoms with van der Waals surface area (Å²) in [4.78, 5) is 14.1. The van der Waals surface area contributed by atoms with Crippen LogP contribution >= 0.6 is 11.6 Å². The van der Waals surface area contributed by atoms with Crippen LogP contribution in [0.2, 0.25) is 5.15 Å². The van der Waals surface area contributed by atoms with Gasteiger partial charge in [0, 0.05) is 18.7 Å². The minimum atomic E-state index is -0.218. The fourth-order valence-corrected chi connectivity index (χ4v) is 2.83. The zero-order chi connectivity index (χ0) is 14.5. The second kappa shape index (κ2) is 7.09. The van der Waals surface area contributed by atoms with Crippen molar-refractivity contribution in [2.24, 2.45) is 5.92 Å². The highest BCUT2D eigenvalue weighted by molar-refractivity contribution is 6.29. The molecule has 1 aromatic heterocycles. The standard InChI is InChI=1S/C14H23ClN4O/c1-10(2)19-7-4-11(5-8-19)3-6-16-12-9-13(15)17-18-14(12)20/h9-11H,3-8H2,1-2H3,(H,16,17)(H,18,20). The van der Waals surface area contributed by atoms with Crippen LogP contribution in [0.5, 0.6) is 0 Å². The van der Waals surface area contributed by atoms with Crippen LogP contribution < -0.4 is 10.9 Å². The second-order valence-electron chi connectivity index (χ2n) is 5.72. The minimum absolute atomic E-state index is 0.218. The molecule has 5 nitrogen and oxygen atoms in total. The molecule has 0 spiro atoms. The van der Waals surface area contributed by atoms with E-state index in [0.29, 0.717) is 16.9 Å². The molecule has 0 unspecified atom stereocenters. The number of piperidine rings is 1. The van der Waals surface area contributed by atoms with E-state index in [4.69, 9.17) is 11.6 Å². The maximum atomic E-state index is 11.5. The summed E-state index contributed by atoms with van der Waals surface area (Å²) < 4.78 is 0. The molecule has 0 bridgehead atoms. The molecular formula is C14H23ClN4O. The molecule has 1 aliphatic rings. The molecule has 20 heavy (non-hydrogen) atoms. The number of hydrogen-bond acceptors (Lipinski definition) is 4. The number of aromatic nitrogens is 2. The van der Waals surface area contributed by atoms with Gasteiger partial charge in [0.15, 0.2) is 5.15 Å². The lowest BCUT2D eigenvalue weighted by molar-refractivity contribution is 0.147. The molecule has 1 aliphatic heterocycles. The molecule has 0 aliphatic carbocycles. The van der Waals surface area contributed by atoms with E-state index in [-0.39, 0.29) is 5.56 Å². The Labute approximate surface area is 124 Å². The molecule has 2 heterocycles. The van der Waals surface area contributed by atoms with Crippen LogP contribution in [0.4, 0.5) is 5.69 Å². The lowest BCUT2D eigenvalue weighted by atomic mass is 9.93. The molecule has 1 aromatic rings. The molecule has 2 rings (SSSR count). The predicted octanol–water partition coefficient (Wildman–Crippen LogP) is 2.35. The monoisotopic (exact) mass is 298 g/mol. The third kappa shape index (κ3) is 4.21. The Balaban J connectivity index is 1.74. The van der Waals surface area contributed by atoms with Crippen molar-refractivity contribution in [1.82, 2.24) is 15.1 Å². The van der Waals surface area contributed by atoms with Gasteiger partial charge in [0.05, 0.1) is 0 Å². The predicted molar refractivity (Wildman–Crippen MR) is 82.4 cm³/mol. The smallest absolute Gasteiger partial charge is 0.287 e. The summed E-state index contributed by atoms with van der Waals surface area (Å²) in [6.07, 6.45) is 3.58. The van der Waals surface area contributed by atoms with Crippen LogP contribution in [0.25, 0.3) is 0 Å². The van der Waals surface area contributed by atoms with Crippen molar-refractivity contribution in [2.75, 3.05) is 25.0 Å². The second-order valence-corrected chi connectivity index (χ2v) is 6.11. The van der Waals surface area contributed by atoms with Crippen LogP contribution in [0, 0.1) is 5.92 Å². The Morgan fingerprint density at radius 1 is 1.50 bits per heavy atom. The SMILES string of the molecule is CC(C)N1CCC(CCNc2cc(Cl)n[nH]c2=O)CC1. The average Bonchev–Trinajstić information content (AvgIpc) is 2.43. The van der Waals surface area contributed by atoms with Crippen LogP contribution in [-0.2, 0) is 0 Å². The van der Waals surface area contributed by atoms with Gasteiger partial charge in [-0.25, -0.2) is 5.10 Å². The van der Waals surface area contributed by atoms with Crippen molar-refractivity contribution in [1.29, 1.82) is 0 Å². The van der Waals surface area contributed by atoms with Crippen LogP contribution in [0.15, 0.2) is 10.9 Å². The summed E-state index contributed by atoms with van der Waals surface area (Å²) in [5.41, 5.74) is 0.286. The van der Waals surface area contributed by atoms with Gasteiger partial charge in [0.1, 0.15) is 5.69 Å². The molecule has 6 heteroatoms. The van der Waals surface area contributed by atoms with Gasteiger partial charge in [-0.2, -0.15) is 5.10 Å². The van der Waals surface area contributed by atoms with Crippen molar-refractivity contribution < 1.29 is 0 Å². The Kier molecular flexibility index (Phi) is 5.43. The Morgan fingerprint density at radius 3 is 2.85 bits per heavy atom. The number of likely N-dealkylation sites (tertiary alicyclic amines) is 1. The molecule has 1 saturated heterocycles. The molecule has 0 saturated carbocycles. The van der Waals surface area contributed by atoms with Crippen LogP contribution in [-0.4, -0.2) is 40.8 Å². The van der Waals surface area contributed by atoms with Gasteiger partial charge in [-0.15, -0.1) is 0 Å². The van der Waals surface area contributed by atoms with E-state index in [2.05, 4.69) is 34.3 Å². The van der Waals surface area contributed by atoms with E-state index in [1.165, 1.54) is 25.9 Å². The van der Waals surface area contributed by atoms with Crippen molar-refractivity contribution in [2.45, 2.75) is 39.2 Å². The van der Waals surface area contributed by atoms with Gasteiger partial charge >= 0.3 is 0 Å². The summed E-state index contributed by atoms with van der Waals surface area (Å²) in [6.45, 7) is 7.67. The lowest BCUT2D eigenvalue weighted by Crippen LogP contribution is -2.38. The molecular weight excluding hydrogens is 276 g/mol. The van der Waals surface area contributed by atoms with E-state index in [1.54, 1.807) is 6.07 Å².